The van der Waals surface area contributed by atoms with Gasteiger partial charge in [0, 0.05) is 5.56 Å². The van der Waals surface area contributed by atoms with Crippen molar-refractivity contribution in [2.75, 3.05) is 6.61 Å². The van der Waals surface area contributed by atoms with Gasteiger partial charge in [0.1, 0.15) is 5.75 Å². The molecule has 1 aliphatic carbocycles. The molecule has 0 radical (unpaired) electrons. The van der Waals surface area contributed by atoms with Gasteiger partial charge in [-0.25, -0.2) is 0 Å². The van der Waals surface area contributed by atoms with E-state index in [9.17, 15) is 0 Å². The Bertz CT molecular complexity index is 367. The minimum atomic E-state index is 0.220. The maximum Gasteiger partial charge on any atom is 0.124 e. The van der Waals surface area contributed by atoms with Crippen molar-refractivity contribution in [3.05, 3.63) is 29.8 Å². The summed E-state index contributed by atoms with van der Waals surface area (Å²) in [6.45, 7) is 5.14. The van der Waals surface area contributed by atoms with Crippen LogP contribution in [0.25, 0.3) is 0 Å². The first kappa shape index (κ1) is 12.4. The molecule has 17 heavy (non-hydrogen) atoms. The van der Waals surface area contributed by atoms with Crippen molar-refractivity contribution >= 4 is 0 Å². The molecule has 2 rings (SSSR count). The van der Waals surface area contributed by atoms with Crippen molar-refractivity contribution in [2.24, 2.45) is 17.7 Å². The number of hydrogen-bond donors (Lipinski definition) is 2. The minimum absolute atomic E-state index is 0.220. The van der Waals surface area contributed by atoms with E-state index in [-0.39, 0.29) is 6.04 Å². The standard InChI is InChI=1S/C14H22N2O/c1-3-8-17-13-7-5-4-6-11(13)14(16-15)12-9-10(12)2/h4-7,10,12,14,16H,3,8-9,15H2,1-2H3. The van der Waals surface area contributed by atoms with E-state index in [1.165, 1.54) is 12.0 Å². The summed E-state index contributed by atoms with van der Waals surface area (Å²) in [6.07, 6.45) is 2.27. The molecule has 1 aromatic rings. The van der Waals surface area contributed by atoms with Crippen LogP contribution >= 0.6 is 0 Å². The van der Waals surface area contributed by atoms with Gasteiger partial charge in [-0.3, -0.25) is 11.3 Å². The van der Waals surface area contributed by atoms with Crippen molar-refractivity contribution in [3.63, 3.8) is 0 Å². The molecule has 3 heteroatoms. The Labute approximate surface area is 103 Å². The van der Waals surface area contributed by atoms with Crippen molar-refractivity contribution in [1.29, 1.82) is 0 Å². The fourth-order valence-electron chi connectivity index (χ4n) is 2.34. The normalized spacial score (nSPS) is 24.4. The van der Waals surface area contributed by atoms with Gasteiger partial charge < -0.3 is 4.74 Å². The third kappa shape index (κ3) is 2.79. The van der Waals surface area contributed by atoms with E-state index in [0.29, 0.717) is 5.92 Å². The fraction of sp³-hybridized carbons (Fsp3) is 0.571. The first-order valence-electron chi connectivity index (χ1n) is 6.45. The Hall–Kier alpha value is -1.06. The summed E-state index contributed by atoms with van der Waals surface area (Å²) in [4.78, 5) is 0. The van der Waals surface area contributed by atoms with Gasteiger partial charge in [-0.15, -0.1) is 0 Å². The maximum atomic E-state index is 5.79. The van der Waals surface area contributed by atoms with Crippen molar-refractivity contribution in [3.8, 4) is 5.75 Å². The van der Waals surface area contributed by atoms with E-state index < -0.39 is 0 Å². The molecule has 0 spiro atoms. The van der Waals surface area contributed by atoms with Crippen LogP contribution in [0.5, 0.6) is 5.75 Å². The molecular formula is C14H22N2O. The molecule has 0 bridgehead atoms. The van der Waals surface area contributed by atoms with Crippen LogP contribution in [0.3, 0.4) is 0 Å². The lowest BCUT2D eigenvalue weighted by atomic mass is 10.0. The van der Waals surface area contributed by atoms with Gasteiger partial charge in [-0.05, 0) is 30.7 Å². The highest BCUT2D eigenvalue weighted by Crippen LogP contribution is 2.48. The summed E-state index contributed by atoms with van der Waals surface area (Å²) >= 11 is 0. The number of para-hydroxylation sites is 1. The number of ether oxygens (including phenoxy) is 1. The molecule has 0 aliphatic heterocycles. The average Bonchev–Trinajstić information content (AvgIpc) is 3.06. The second-order valence-electron chi connectivity index (χ2n) is 4.91. The molecule has 0 heterocycles. The van der Waals surface area contributed by atoms with Gasteiger partial charge >= 0.3 is 0 Å². The van der Waals surface area contributed by atoms with Gasteiger partial charge in [0.25, 0.3) is 0 Å². The van der Waals surface area contributed by atoms with Crippen LogP contribution in [-0.4, -0.2) is 6.61 Å². The summed E-state index contributed by atoms with van der Waals surface area (Å²) in [7, 11) is 0. The topological polar surface area (TPSA) is 47.3 Å². The SMILES string of the molecule is CCCOc1ccccc1C(NN)C1CC1C. The molecule has 0 amide bonds. The first-order valence-corrected chi connectivity index (χ1v) is 6.45. The highest BCUT2D eigenvalue weighted by molar-refractivity contribution is 5.37. The second-order valence-corrected chi connectivity index (χ2v) is 4.91. The molecule has 0 aromatic heterocycles. The number of hydrazine groups is 1. The summed E-state index contributed by atoms with van der Waals surface area (Å²) < 4.78 is 5.79. The van der Waals surface area contributed by atoms with E-state index in [1.54, 1.807) is 0 Å². The molecular weight excluding hydrogens is 212 g/mol. The molecule has 0 saturated heterocycles. The quantitative estimate of drug-likeness (QED) is 0.587. The number of benzene rings is 1. The minimum Gasteiger partial charge on any atom is -0.493 e. The predicted octanol–water partition coefficient (Wildman–Crippen LogP) is 2.64. The lowest BCUT2D eigenvalue weighted by molar-refractivity contribution is 0.307. The third-order valence-corrected chi connectivity index (χ3v) is 3.50. The van der Waals surface area contributed by atoms with Gasteiger partial charge in [0.05, 0.1) is 12.6 Å². The molecule has 1 aromatic carbocycles. The van der Waals surface area contributed by atoms with E-state index >= 15 is 0 Å². The largest absolute Gasteiger partial charge is 0.493 e. The zero-order chi connectivity index (χ0) is 12.3. The zero-order valence-electron chi connectivity index (χ0n) is 10.6. The first-order chi connectivity index (χ1) is 8.27. The lowest BCUT2D eigenvalue weighted by Crippen LogP contribution is -2.30. The van der Waals surface area contributed by atoms with Crippen LogP contribution in [0.1, 0.15) is 38.3 Å². The van der Waals surface area contributed by atoms with Crippen LogP contribution < -0.4 is 16.0 Å². The van der Waals surface area contributed by atoms with E-state index in [4.69, 9.17) is 10.6 Å². The maximum absolute atomic E-state index is 5.79. The zero-order valence-corrected chi connectivity index (χ0v) is 10.6. The molecule has 1 saturated carbocycles. The van der Waals surface area contributed by atoms with Crippen LogP contribution in [0.2, 0.25) is 0 Å². The monoisotopic (exact) mass is 234 g/mol. The Balaban J connectivity index is 2.17. The van der Waals surface area contributed by atoms with Crippen molar-refractivity contribution in [1.82, 2.24) is 5.43 Å². The molecule has 3 nitrogen and oxygen atoms in total. The molecule has 3 atom stereocenters. The van der Waals surface area contributed by atoms with Gasteiger partial charge in [0.2, 0.25) is 0 Å². The Morgan fingerprint density at radius 3 is 2.76 bits per heavy atom. The highest BCUT2D eigenvalue weighted by Gasteiger charge is 2.40. The van der Waals surface area contributed by atoms with E-state index in [0.717, 1.165) is 24.7 Å². The van der Waals surface area contributed by atoms with Gasteiger partial charge in [0.15, 0.2) is 0 Å². The number of hydrogen-bond acceptors (Lipinski definition) is 3. The Morgan fingerprint density at radius 2 is 2.18 bits per heavy atom. The number of rotatable bonds is 6. The van der Waals surface area contributed by atoms with Crippen LogP contribution in [0.15, 0.2) is 24.3 Å². The summed E-state index contributed by atoms with van der Waals surface area (Å²) in [5.41, 5.74) is 4.14. The van der Waals surface area contributed by atoms with Gasteiger partial charge in [-0.2, -0.15) is 0 Å². The number of nitrogens with one attached hydrogen (secondary N) is 1. The molecule has 1 fully saturated rings. The van der Waals surface area contributed by atoms with Gasteiger partial charge in [-0.1, -0.05) is 32.0 Å². The predicted molar refractivity (Wildman–Crippen MR) is 69.6 cm³/mol. The van der Waals surface area contributed by atoms with Crippen molar-refractivity contribution in [2.45, 2.75) is 32.7 Å². The third-order valence-electron chi connectivity index (χ3n) is 3.50. The molecule has 94 valence electrons. The second kappa shape index (κ2) is 5.52. The van der Waals surface area contributed by atoms with Crippen LogP contribution in [-0.2, 0) is 0 Å². The molecule has 3 unspecified atom stereocenters. The number of nitrogens with two attached hydrogens (primary N) is 1. The summed E-state index contributed by atoms with van der Waals surface area (Å²) in [6, 6.07) is 8.42. The molecule has 3 N–H and O–H groups in total. The highest BCUT2D eigenvalue weighted by atomic mass is 16.5. The van der Waals surface area contributed by atoms with E-state index in [1.807, 2.05) is 18.2 Å². The Kier molecular flexibility index (Phi) is 4.02. The molecule has 1 aliphatic rings. The fourth-order valence-corrected chi connectivity index (χ4v) is 2.34. The van der Waals surface area contributed by atoms with Crippen molar-refractivity contribution < 1.29 is 4.74 Å². The summed E-state index contributed by atoms with van der Waals surface area (Å²) in [5.74, 6) is 8.07. The lowest BCUT2D eigenvalue weighted by Gasteiger charge is -2.19. The van der Waals surface area contributed by atoms with Crippen LogP contribution in [0.4, 0.5) is 0 Å². The average molecular weight is 234 g/mol. The van der Waals surface area contributed by atoms with Crippen LogP contribution in [0, 0.1) is 11.8 Å². The Morgan fingerprint density at radius 1 is 1.47 bits per heavy atom. The smallest absolute Gasteiger partial charge is 0.124 e. The van der Waals surface area contributed by atoms with E-state index in [2.05, 4.69) is 25.3 Å². The summed E-state index contributed by atoms with van der Waals surface area (Å²) in [5, 5.41) is 0.